The smallest absolute Gasteiger partial charge is 0.460 e. The Balaban J connectivity index is 1.83. The highest BCUT2D eigenvalue weighted by atomic mass is 19.4. The predicted octanol–water partition coefficient (Wildman–Crippen LogP) is 4.52. The van der Waals surface area contributed by atoms with E-state index in [0.29, 0.717) is 13.0 Å². The second-order valence-electron chi connectivity index (χ2n) is 9.01. The summed E-state index contributed by atoms with van der Waals surface area (Å²) in [4.78, 5) is 26.5. The molecule has 176 valence electrons. The number of alkyl halides is 3. The van der Waals surface area contributed by atoms with Crippen LogP contribution in [0.5, 0.6) is 0 Å². The van der Waals surface area contributed by atoms with Crippen molar-refractivity contribution >= 4 is 11.9 Å². The van der Waals surface area contributed by atoms with Crippen molar-refractivity contribution < 1.29 is 32.2 Å². The lowest BCUT2D eigenvalue weighted by molar-refractivity contribution is -0.193. The first-order chi connectivity index (χ1) is 15.1. The van der Waals surface area contributed by atoms with Crippen molar-refractivity contribution in [2.75, 3.05) is 13.2 Å². The zero-order chi connectivity index (χ0) is 23.5. The van der Waals surface area contributed by atoms with Crippen molar-refractivity contribution in [1.29, 1.82) is 0 Å². The molecule has 0 spiro atoms. The van der Waals surface area contributed by atoms with Crippen molar-refractivity contribution in [2.24, 2.45) is 17.3 Å². The third-order valence-electron chi connectivity index (χ3n) is 6.57. The topological polar surface area (TPSA) is 55.8 Å². The van der Waals surface area contributed by atoms with Gasteiger partial charge in [-0.2, -0.15) is 13.2 Å². The van der Waals surface area contributed by atoms with Crippen LogP contribution in [0.1, 0.15) is 39.2 Å². The summed E-state index contributed by atoms with van der Waals surface area (Å²) in [6.07, 6.45) is -1.42. The average Bonchev–Trinajstić information content (AvgIpc) is 3.20. The Bertz CT molecular complexity index is 839. The van der Waals surface area contributed by atoms with Crippen LogP contribution in [0.3, 0.4) is 0 Å². The van der Waals surface area contributed by atoms with Gasteiger partial charge in [-0.05, 0) is 24.3 Å². The Kier molecular flexibility index (Phi) is 7.32. The largest absolute Gasteiger partial charge is 0.471 e. The van der Waals surface area contributed by atoms with Crippen LogP contribution >= 0.6 is 0 Å². The molecule has 1 aliphatic carbocycles. The van der Waals surface area contributed by atoms with Gasteiger partial charge in [-0.25, -0.2) is 0 Å². The number of benzene rings is 1. The zero-order valence-electron chi connectivity index (χ0n) is 18.6. The lowest BCUT2D eigenvalue weighted by atomic mass is 9.76. The number of nitrogens with zero attached hydrogens (tertiary/aromatic N) is 1. The highest BCUT2D eigenvalue weighted by Crippen LogP contribution is 2.44. The molecule has 1 aromatic carbocycles. The number of carbonyl (C=O) groups excluding carboxylic acids is 2. The Hall–Kier alpha value is -2.35. The summed E-state index contributed by atoms with van der Waals surface area (Å²) < 4.78 is 51.5. The lowest BCUT2D eigenvalue weighted by Gasteiger charge is -2.42. The minimum absolute atomic E-state index is 0.0597. The predicted molar refractivity (Wildman–Crippen MR) is 112 cm³/mol. The number of ether oxygens (including phenoxy) is 2. The summed E-state index contributed by atoms with van der Waals surface area (Å²) in [7, 11) is 0. The van der Waals surface area contributed by atoms with Gasteiger partial charge in [-0.1, -0.05) is 63.3 Å². The summed E-state index contributed by atoms with van der Waals surface area (Å²) in [5, 5.41) is 0. The highest BCUT2D eigenvalue weighted by Gasteiger charge is 2.53. The lowest BCUT2D eigenvalue weighted by Crippen LogP contribution is -2.56. The van der Waals surface area contributed by atoms with Gasteiger partial charge in [0.25, 0.3) is 0 Å². The molecule has 1 aliphatic heterocycles. The van der Waals surface area contributed by atoms with Gasteiger partial charge in [-0.15, -0.1) is 0 Å². The number of carbonyl (C=O) groups is 2. The van der Waals surface area contributed by atoms with E-state index in [9.17, 15) is 22.8 Å². The second kappa shape index (κ2) is 9.65. The third kappa shape index (κ3) is 5.00. The highest BCUT2D eigenvalue weighted by molar-refractivity contribution is 5.84. The van der Waals surface area contributed by atoms with E-state index in [1.807, 2.05) is 44.2 Å². The first kappa shape index (κ1) is 24.3. The van der Waals surface area contributed by atoms with E-state index in [4.69, 9.17) is 9.47 Å². The fraction of sp³-hybridized carbons (Fsp3) is 0.583. The molecule has 1 saturated heterocycles. The summed E-state index contributed by atoms with van der Waals surface area (Å²) in [5.74, 6) is -2.83. The number of amides is 1. The molecule has 8 heteroatoms. The number of halogens is 3. The molecule has 1 aromatic rings. The molecule has 0 bridgehead atoms. The van der Waals surface area contributed by atoms with E-state index >= 15 is 0 Å². The van der Waals surface area contributed by atoms with Crippen LogP contribution in [0.15, 0.2) is 42.5 Å². The van der Waals surface area contributed by atoms with Gasteiger partial charge in [0.05, 0.1) is 18.1 Å². The first-order valence-electron chi connectivity index (χ1n) is 10.9. The molecule has 0 N–H and O–H groups in total. The van der Waals surface area contributed by atoms with E-state index in [-0.39, 0.29) is 31.5 Å². The maximum atomic E-state index is 13.5. The maximum absolute atomic E-state index is 13.5. The fourth-order valence-corrected chi connectivity index (χ4v) is 4.60. The minimum Gasteiger partial charge on any atom is -0.460 e. The molecule has 1 fully saturated rings. The molecule has 0 saturated carbocycles. The van der Waals surface area contributed by atoms with Gasteiger partial charge in [0.2, 0.25) is 0 Å². The van der Waals surface area contributed by atoms with Crippen LogP contribution in [0.2, 0.25) is 0 Å². The van der Waals surface area contributed by atoms with Crippen LogP contribution in [0.25, 0.3) is 0 Å². The molecule has 1 amide bonds. The van der Waals surface area contributed by atoms with Crippen molar-refractivity contribution in [3.8, 4) is 0 Å². The fourth-order valence-electron chi connectivity index (χ4n) is 4.60. The van der Waals surface area contributed by atoms with Crippen molar-refractivity contribution in [3.05, 3.63) is 48.0 Å². The Labute approximate surface area is 186 Å². The van der Waals surface area contributed by atoms with Crippen LogP contribution in [0, 0.1) is 17.3 Å². The van der Waals surface area contributed by atoms with Crippen molar-refractivity contribution in [3.63, 3.8) is 0 Å². The quantitative estimate of drug-likeness (QED) is 0.470. The second-order valence-corrected chi connectivity index (χ2v) is 9.01. The van der Waals surface area contributed by atoms with Gasteiger partial charge in [-0.3, -0.25) is 9.59 Å². The molecule has 5 nitrogen and oxygen atoms in total. The normalized spacial score (nSPS) is 28.0. The van der Waals surface area contributed by atoms with Crippen LogP contribution in [0.4, 0.5) is 13.2 Å². The zero-order valence-corrected chi connectivity index (χ0v) is 18.6. The average molecular weight is 454 g/mol. The van der Waals surface area contributed by atoms with Crippen LogP contribution in [-0.2, 0) is 25.7 Å². The number of hydrogen-bond donors (Lipinski definition) is 0. The molecular formula is C24H30F3NO4. The van der Waals surface area contributed by atoms with E-state index in [0.717, 1.165) is 10.5 Å². The Morgan fingerprint density at radius 3 is 2.53 bits per heavy atom. The number of hydrogen-bond acceptors (Lipinski definition) is 4. The van der Waals surface area contributed by atoms with Crippen molar-refractivity contribution in [1.82, 2.24) is 4.90 Å². The molecule has 4 atom stereocenters. The summed E-state index contributed by atoms with van der Waals surface area (Å²) in [5.41, 5.74) is -0.277. The van der Waals surface area contributed by atoms with Gasteiger partial charge < -0.3 is 14.4 Å². The summed E-state index contributed by atoms with van der Waals surface area (Å²) in [6, 6.07) is 7.73. The molecule has 3 rings (SSSR count). The summed E-state index contributed by atoms with van der Waals surface area (Å²) >= 11 is 0. The Morgan fingerprint density at radius 2 is 1.94 bits per heavy atom. The molecule has 0 aromatic heterocycles. The summed E-state index contributed by atoms with van der Waals surface area (Å²) in [6.45, 7) is 6.11. The molecule has 2 aliphatic rings. The maximum Gasteiger partial charge on any atom is 0.471 e. The molecule has 0 radical (unpaired) electrons. The van der Waals surface area contributed by atoms with Gasteiger partial charge in [0.1, 0.15) is 6.61 Å². The first-order valence-corrected chi connectivity index (χ1v) is 10.9. The van der Waals surface area contributed by atoms with E-state index in [1.165, 1.54) is 0 Å². The van der Waals surface area contributed by atoms with Crippen molar-refractivity contribution in [2.45, 2.75) is 58.5 Å². The molecule has 32 heavy (non-hydrogen) atoms. The van der Waals surface area contributed by atoms with Crippen LogP contribution in [-0.4, -0.2) is 48.3 Å². The third-order valence-corrected chi connectivity index (χ3v) is 6.57. The Morgan fingerprint density at radius 1 is 1.25 bits per heavy atom. The SMILES string of the molecule is CC(C)[C@]1(C(=O)OCc2ccccc2)C=C[C@@H](N(C(=O)C(F)(F)F)C2CCOC[C@H]2C)C1. The monoisotopic (exact) mass is 453 g/mol. The van der Waals surface area contributed by atoms with Gasteiger partial charge in [0.15, 0.2) is 0 Å². The number of esters is 1. The molecule has 1 unspecified atom stereocenters. The van der Waals surface area contributed by atoms with Gasteiger partial charge >= 0.3 is 18.1 Å². The van der Waals surface area contributed by atoms with E-state index < -0.39 is 35.6 Å². The number of rotatable bonds is 6. The molecule has 1 heterocycles. The van der Waals surface area contributed by atoms with E-state index in [2.05, 4.69) is 0 Å². The minimum atomic E-state index is -5.00. The molecular weight excluding hydrogens is 423 g/mol. The standard InChI is InChI=1S/C24H30F3NO4/c1-16(2)23(22(30)32-15-18-7-5-4-6-8-18)11-9-19(13-23)28(21(29)24(25,26)27)20-10-12-31-14-17(20)3/h4-9,11,16-17,19-20H,10,12-15H2,1-3H3/t17-,19-,20?,23+/m1/s1. The van der Waals surface area contributed by atoms with Crippen LogP contribution < -0.4 is 0 Å². The van der Waals surface area contributed by atoms with E-state index in [1.54, 1.807) is 19.1 Å². The van der Waals surface area contributed by atoms with Gasteiger partial charge in [0, 0.05) is 18.6 Å².